The molecule has 0 aliphatic carbocycles. The highest BCUT2D eigenvalue weighted by Gasteiger charge is 2.19. The van der Waals surface area contributed by atoms with E-state index in [0.717, 1.165) is 15.3 Å². The van der Waals surface area contributed by atoms with Crippen LogP contribution in [0.3, 0.4) is 0 Å². The Balaban J connectivity index is 1.79. The molecule has 0 unspecified atom stereocenters. The molecule has 1 N–H and O–H groups in total. The highest BCUT2D eigenvalue weighted by Crippen LogP contribution is 2.29. The third-order valence-electron chi connectivity index (χ3n) is 4.40. The maximum absolute atomic E-state index is 13.0. The van der Waals surface area contributed by atoms with Gasteiger partial charge in [0.15, 0.2) is 5.16 Å². The Hall–Kier alpha value is -1.68. The van der Waals surface area contributed by atoms with E-state index in [4.69, 9.17) is 4.98 Å². The van der Waals surface area contributed by atoms with Gasteiger partial charge in [-0.25, -0.2) is 18.1 Å². The van der Waals surface area contributed by atoms with Crippen LogP contribution >= 0.6 is 23.1 Å². The Morgan fingerprint density at radius 3 is 2.54 bits per heavy atom. The zero-order valence-electron chi connectivity index (χ0n) is 16.2. The molecule has 3 rings (SSSR count). The molecule has 0 amide bonds. The first kappa shape index (κ1) is 21.0. The molecule has 0 aliphatic rings. The van der Waals surface area contributed by atoms with Crippen molar-refractivity contribution in [1.82, 2.24) is 14.3 Å². The Labute approximate surface area is 173 Å². The molecular formula is C19H23N3O3S3. The van der Waals surface area contributed by atoms with Gasteiger partial charge in [0.2, 0.25) is 10.0 Å². The van der Waals surface area contributed by atoms with Crippen molar-refractivity contribution in [2.45, 2.75) is 43.8 Å². The molecule has 0 atom stereocenters. The minimum atomic E-state index is -3.54. The zero-order valence-corrected chi connectivity index (χ0v) is 18.7. The van der Waals surface area contributed by atoms with Crippen molar-refractivity contribution >= 4 is 43.3 Å². The molecule has 0 aliphatic heterocycles. The summed E-state index contributed by atoms with van der Waals surface area (Å²) in [5.74, 6) is 0.472. The summed E-state index contributed by atoms with van der Waals surface area (Å²) in [5.41, 5.74) is 0.952. The topological polar surface area (TPSA) is 81.1 Å². The molecule has 0 fully saturated rings. The minimum absolute atomic E-state index is 0.0331. The lowest BCUT2D eigenvalue weighted by atomic mass is 10.2. The fourth-order valence-corrected chi connectivity index (χ4v) is 6.08. The molecule has 2 aromatic heterocycles. The molecule has 0 saturated carbocycles. The van der Waals surface area contributed by atoms with Crippen molar-refractivity contribution in [2.75, 3.05) is 12.3 Å². The van der Waals surface area contributed by atoms with Crippen molar-refractivity contribution in [3.8, 4) is 0 Å². The average molecular weight is 438 g/mol. The molecule has 28 heavy (non-hydrogen) atoms. The number of aryl methyl sites for hydroxylation is 2. The lowest BCUT2D eigenvalue weighted by molar-refractivity contribution is 0.519. The second-order valence-corrected chi connectivity index (χ2v) is 10.7. The normalized spacial score (nSPS) is 12.2. The van der Waals surface area contributed by atoms with E-state index >= 15 is 0 Å². The molecule has 1 aromatic carbocycles. The molecule has 2 heterocycles. The van der Waals surface area contributed by atoms with Gasteiger partial charge < -0.3 is 0 Å². The highest BCUT2D eigenvalue weighted by molar-refractivity contribution is 7.99. The maximum atomic E-state index is 13.0. The van der Waals surface area contributed by atoms with Crippen LogP contribution in [0.4, 0.5) is 0 Å². The summed E-state index contributed by atoms with van der Waals surface area (Å²) in [6.07, 6.45) is 0. The number of benzene rings is 1. The third kappa shape index (κ3) is 4.17. The van der Waals surface area contributed by atoms with E-state index in [1.54, 1.807) is 34.9 Å². The predicted octanol–water partition coefficient (Wildman–Crippen LogP) is 3.73. The van der Waals surface area contributed by atoms with Crippen LogP contribution < -0.4 is 10.3 Å². The second-order valence-electron chi connectivity index (χ2n) is 6.69. The number of hydrogen-bond acceptors (Lipinski definition) is 6. The van der Waals surface area contributed by atoms with Gasteiger partial charge in [-0.1, -0.05) is 30.0 Å². The number of fused-ring (bicyclic) bond motifs is 1. The number of thiophene rings is 1. The van der Waals surface area contributed by atoms with Gasteiger partial charge in [0.05, 0.1) is 10.3 Å². The number of nitrogens with one attached hydrogen (secondary N) is 1. The molecule has 150 valence electrons. The van der Waals surface area contributed by atoms with Crippen LogP contribution in [0.15, 0.2) is 45.2 Å². The molecule has 0 saturated heterocycles. The van der Waals surface area contributed by atoms with E-state index < -0.39 is 10.0 Å². The average Bonchev–Trinajstić information content (AvgIpc) is 2.93. The summed E-state index contributed by atoms with van der Waals surface area (Å²) in [6, 6.07) is 8.23. The summed E-state index contributed by atoms with van der Waals surface area (Å²) < 4.78 is 28.9. The van der Waals surface area contributed by atoms with Crippen molar-refractivity contribution in [2.24, 2.45) is 0 Å². The largest absolute Gasteiger partial charge is 0.284 e. The van der Waals surface area contributed by atoms with E-state index in [2.05, 4.69) is 4.72 Å². The molecule has 0 bridgehead atoms. The zero-order chi connectivity index (χ0) is 20.5. The number of rotatable bonds is 7. The Kier molecular flexibility index (Phi) is 6.28. The number of thioether (sulfide) groups is 1. The number of aromatic nitrogens is 2. The second kappa shape index (κ2) is 8.36. The molecule has 0 spiro atoms. The van der Waals surface area contributed by atoms with E-state index in [9.17, 15) is 13.2 Å². The lowest BCUT2D eigenvalue weighted by Gasteiger charge is -2.15. The van der Waals surface area contributed by atoms with Crippen LogP contribution in [0.2, 0.25) is 0 Å². The first-order valence-electron chi connectivity index (χ1n) is 8.92. The van der Waals surface area contributed by atoms with Gasteiger partial charge in [-0.05, 0) is 45.4 Å². The third-order valence-corrected chi connectivity index (χ3v) is 7.93. The van der Waals surface area contributed by atoms with Crippen LogP contribution in [0, 0.1) is 13.8 Å². The standard InChI is InChI=1S/C19H23N3O3S3/c1-12(2)22-18(23)16-13(3)14(4)27-17(16)21-19(22)26-11-10-20-28(24,25)15-8-6-5-7-9-15/h5-9,12,20H,10-11H2,1-4H3. The molecule has 3 aromatic rings. The quantitative estimate of drug-likeness (QED) is 0.346. The van der Waals surface area contributed by atoms with E-state index in [1.165, 1.54) is 23.1 Å². The van der Waals surface area contributed by atoms with Crippen molar-refractivity contribution in [3.63, 3.8) is 0 Å². The molecule has 6 nitrogen and oxygen atoms in total. The van der Waals surface area contributed by atoms with Crippen LogP contribution in [0.1, 0.15) is 30.3 Å². The Bertz CT molecular complexity index is 1150. The Morgan fingerprint density at radius 2 is 1.89 bits per heavy atom. The van der Waals surface area contributed by atoms with Crippen molar-refractivity contribution in [1.29, 1.82) is 0 Å². The summed E-state index contributed by atoms with van der Waals surface area (Å²) in [5, 5.41) is 1.30. The first-order chi connectivity index (χ1) is 13.2. The first-order valence-corrected chi connectivity index (χ1v) is 12.2. The van der Waals surface area contributed by atoms with Crippen molar-refractivity contribution < 1.29 is 8.42 Å². The maximum Gasteiger partial charge on any atom is 0.263 e. The van der Waals surface area contributed by atoms with E-state index in [0.29, 0.717) is 16.3 Å². The van der Waals surface area contributed by atoms with Gasteiger partial charge in [-0.2, -0.15) is 0 Å². The van der Waals surface area contributed by atoms with Gasteiger partial charge in [0.1, 0.15) is 4.83 Å². The van der Waals surface area contributed by atoms with Gasteiger partial charge in [-0.15, -0.1) is 11.3 Å². The number of sulfonamides is 1. The monoisotopic (exact) mass is 437 g/mol. The number of nitrogens with zero attached hydrogens (tertiary/aromatic N) is 2. The summed E-state index contributed by atoms with van der Waals surface area (Å²) in [4.78, 5) is 19.8. The van der Waals surface area contributed by atoms with Crippen molar-refractivity contribution in [3.05, 3.63) is 51.1 Å². The predicted molar refractivity (Wildman–Crippen MR) is 116 cm³/mol. The van der Waals surface area contributed by atoms with Crippen LogP contribution in [-0.2, 0) is 10.0 Å². The van der Waals surface area contributed by atoms with Gasteiger partial charge in [0, 0.05) is 23.2 Å². The minimum Gasteiger partial charge on any atom is -0.284 e. The smallest absolute Gasteiger partial charge is 0.263 e. The fraction of sp³-hybridized carbons (Fsp3) is 0.368. The highest BCUT2D eigenvalue weighted by atomic mass is 32.2. The fourth-order valence-electron chi connectivity index (χ4n) is 2.85. The van der Waals surface area contributed by atoms with E-state index in [1.807, 2.05) is 27.7 Å². The number of hydrogen-bond donors (Lipinski definition) is 1. The van der Waals surface area contributed by atoms with Gasteiger partial charge >= 0.3 is 0 Å². The van der Waals surface area contributed by atoms with Crippen LogP contribution in [0.5, 0.6) is 0 Å². The van der Waals surface area contributed by atoms with Gasteiger partial charge in [-0.3, -0.25) is 9.36 Å². The molecule has 9 heteroatoms. The lowest BCUT2D eigenvalue weighted by Crippen LogP contribution is -2.27. The molecule has 0 radical (unpaired) electrons. The SMILES string of the molecule is Cc1sc2nc(SCCNS(=O)(=O)c3ccccc3)n(C(C)C)c(=O)c2c1C. The Morgan fingerprint density at radius 1 is 1.21 bits per heavy atom. The van der Waals surface area contributed by atoms with Crippen LogP contribution in [0.25, 0.3) is 10.2 Å². The summed E-state index contributed by atoms with van der Waals surface area (Å²) >= 11 is 2.91. The van der Waals surface area contributed by atoms with E-state index in [-0.39, 0.29) is 23.0 Å². The van der Waals surface area contributed by atoms with Gasteiger partial charge in [0.25, 0.3) is 5.56 Å². The van der Waals surface area contributed by atoms with Crippen LogP contribution in [-0.4, -0.2) is 30.3 Å². The summed E-state index contributed by atoms with van der Waals surface area (Å²) in [6.45, 7) is 8.09. The molecular weight excluding hydrogens is 414 g/mol. The summed E-state index contributed by atoms with van der Waals surface area (Å²) in [7, 11) is -3.54.